The normalized spacial score (nSPS) is 27.0. The molecule has 172 valence electrons. The van der Waals surface area contributed by atoms with Crippen molar-refractivity contribution in [2.75, 3.05) is 24.7 Å². The van der Waals surface area contributed by atoms with E-state index in [4.69, 9.17) is 16.3 Å². The molecule has 5 nitrogen and oxygen atoms in total. The van der Waals surface area contributed by atoms with E-state index in [2.05, 4.69) is 33.3 Å². The Morgan fingerprint density at radius 2 is 1.97 bits per heavy atom. The zero-order chi connectivity index (χ0) is 22.2. The summed E-state index contributed by atoms with van der Waals surface area (Å²) in [5, 5.41) is 3.86. The summed E-state index contributed by atoms with van der Waals surface area (Å²) in [6.07, 6.45) is 4.69. The van der Waals surface area contributed by atoms with E-state index in [0.29, 0.717) is 12.1 Å². The fraction of sp³-hybridized carbons (Fsp3) is 0.708. The van der Waals surface area contributed by atoms with E-state index in [-0.39, 0.29) is 24.7 Å². The lowest BCUT2D eigenvalue weighted by Crippen LogP contribution is -2.45. The minimum atomic E-state index is -0.485. The van der Waals surface area contributed by atoms with Gasteiger partial charge in [0.05, 0.1) is 17.4 Å². The van der Waals surface area contributed by atoms with Crippen LogP contribution in [-0.4, -0.2) is 54.5 Å². The lowest BCUT2D eigenvalue weighted by atomic mass is 9.96. The third kappa shape index (κ3) is 5.28. The molecule has 0 unspecified atom stereocenters. The predicted octanol–water partition coefficient (Wildman–Crippen LogP) is 5.16. The number of ether oxygens (including phenoxy) is 1. The number of fused-ring (bicyclic) bond motifs is 2. The summed E-state index contributed by atoms with van der Waals surface area (Å²) in [5.41, 5.74) is 1.76. The number of carbonyl (C=O) groups is 1. The Labute approximate surface area is 190 Å². The van der Waals surface area contributed by atoms with Gasteiger partial charge in [-0.25, -0.2) is 4.79 Å². The molecule has 31 heavy (non-hydrogen) atoms. The van der Waals surface area contributed by atoms with E-state index >= 15 is 0 Å². The largest absolute Gasteiger partial charge is 0.444 e. The van der Waals surface area contributed by atoms with Crippen LogP contribution in [0.3, 0.4) is 0 Å². The van der Waals surface area contributed by atoms with Crippen LogP contribution in [0.25, 0.3) is 0 Å². The van der Waals surface area contributed by atoms with Crippen molar-refractivity contribution in [3.05, 3.63) is 28.8 Å². The highest BCUT2D eigenvalue weighted by molar-refractivity contribution is 6.33. The number of anilines is 1. The van der Waals surface area contributed by atoms with Crippen LogP contribution in [0.5, 0.6) is 0 Å². The van der Waals surface area contributed by atoms with Crippen LogP contribution in [0.15, 0.2) is 18.2 Å². The number of benzene rings is 1. The summed E-state index contributed by atoms with van der Waals surface area (Å²) >= 11 is 6.66. The second-order valence-electron chi connectivity index (χ2n) is 10.3. The second-order valence-corrected chi connectivity index (χ2v) is 10.7. The molecule has 0 saturated carbocycles. The van der Waals surface area contributed by atoms with Gasteiger partial charge in [-0.1, -0.05) is 17.7 Å². The number of alkyl halides is 1. The molecular formula is C24H35ClFN3O2. The van der Waals surface area contributed by atoms with Gasteiger partial charge >= 0.3 is 6.09 Å². The maximum absolute atomic E-state index is 12.9. The van der Waals surface area contributed by atoms with Crippen LogP contribution < -0.4 is 10.2 Å². The van der Waals surface area contributed by atoms with Gasteiger partial charge in [0.1, 0.15) is 5.60 Å². The first-order valence-corrected chi connectivity index (χ1v) is 12.0. The van der Waals surface area contributed by atoms with Crippen LogP contribution in [0, 0.1) is 5.92 Å². The van der Waals surface area contributed by atoms with Crippen LogP contribution >= 0.6 is 11.6 Å². The summed E-state index contributed by atoms with van der Waals surface area (Å²) in [4.78, 5) is 17.0. The van der Waals surface area contributed by atoms with Gasteiger partial charge in [-0.3, -0.25) is 9.29 Å². The first-order valence-electron chi connectivity index (χ1n) is 11.6. The van der Waals surface area contributed by atoms with Gasteiger partial charge < -0.3 is 15.0 Å². The van der Waals surface area contributed by atoms with Gasteiger partial charge in [-0.15, -0.1) is 0 Å². The number of carbonyl (C=O) groups excluding carboxylic acids is 1. The smallest absolute Gasteiger partial charge is 0.407 e. The SMILES string of the molecule is CC(C)(C)OC(=O)N[C@H]1C[C@H]2CC[C@@H]1N2Cc1ccc(N2CCC(CF)CC2)c(Cl)c1. The molecule has 1 amide bonds. The summed E-state index contributed by atoms with van der Waals surface area (Å²) in [6, 6.07) is 7.32. The van der Waals surface area contributed by atoms with Crippen LogP contribution in [-0.2, 0) is 11.3 Å². The fourth-order valence-electron chi connectivity index (χ4n) is 5.41. The monoisotopic (exact) mass is 451 g/mol. The predicted molar refractivity (Wildman–Crippen MR) is 122 cm³/mol. The molecule has 3 aliphatic heterocycles. The third-order valence-corrected chi connectivity index (χ3v) is 7.24. The Balaban J connectivity index is 1.36. The average molecular weight is 452 g/mol. The molecule has 3 fully saturated rings. The number of halogens is 2. The van der Waals surface area contributed by atoms with Crippen molar-refractivity contribution >= 4 is 23.4 Å². The van der Waals surface area contributed by atoms with Gasteiger partial charge in [0.2, 0.25) is 0 Å². The molecule has 0 aromatic heterocycles. The summed E-state index contributed by atoms with van der Waals surface area (Å²) < 4.78 is 18.3. The molecule has 3 aliphatic rings. The van der Waals surface area contributed by atoms with Gasteiger partial charge in [-0.05, 0) is 76.5 Å². The highest BCUT2D eigenvalue weighted by atomic mass is 35.5. The van der Waals surface area contributed by atoms with E-state index in [0.717, 1.165) is 56.0 Å². The zero-order valence-electron chi connectivity index (χ0n) is 18.9. The standard InChI is InChI=1S/C24H35ClFN3O2/c1-24(2,3)31-23(30)27-20-13-18-5-7-22(20)29(18)15-17-4-6-21(19(25)12-17)28-10-8-16(14-26)9-11-28/h4,6,12,16,18,20,22H,5,7-11,13-15H2,1-3H3,(H,27,30)/t18-,20+,22+/m1/s1. The fourth-order valence-corrected chi connectivity index (χ4v) is 5.73. The first-order chi connectivity index (χ1) is 14.7. The lowest BCUT2D eigenvalue weighted by molar-refractivity contribution is 0.0491. The second kappa shape index (κ2) is 9.14. The molecule has 4 rings (SSSR count). The quantitative estimate of drug-likeness (QED) is 0.671. The Bertz CT molecular complexity index is 792. The van der Waals surface area contributed by atoms with E-state index in [9.17, 15) is 9.18 Å². The van der Waals surface area contributed by atoms with Gasteiger partial charge in [0.15, 0.2) is 0 Å². The highest BCUT2D eigenvalue weighted by Gasteiger charge is 2.46. The Kier molecular flexibility index (Phi) is 6.68. The molecule has 3 atom stereocenters. The molecule has 3 heterocycles. The number of amides is 1. The Morgan fingerprint density at radius 3 is 2.61 bits per heavy atom. The molecule has 0 spiro atoms. The van der Waals surface area contributed by atoms with E-state index < -0.39 is 5.60 Å². The van der Waals surface area contributed by atoms with E-state index in [1.54, 1.807) is 0 Å². The van der Waals surface area contributed by atoms with Crippen molar-refractivity contribution < 1.29 is 13.9 Å². The molecule has 0 aliphatic carbocycles. The number of rotatable bonds is 5. The maximum Gasteiger partial charge on any atom is 0.407 e. The Morgan fingerprint density at radius 1 is 1.23 bits per heavy atom. The number of nitrogens with zero attached hydrogens (tertiary/aromatic N) is 2. The molecule has 2 bridgehead atoms. The lowest BCUT2D eigenvalue weighted by Gasteiger charge is -2.33. The van der Waals surface area contributed by atoms with Crippen molar-refractivity contribution in [1.29, 1.82) is 0 Å². The van der Waals surface area contributed by atoms with Gasteiger partial charge in [0, 0.05) is 37.8 Å². The number of alkyl carbamates (subject to hydrolysis) is 1. The Hall–Kier alpha value is -1.53. The first kappa shape index (κ1) is 22.7. The number of hydrogen-bond acceptors (Lipinski definition) is 4. The van der Waals surface area contributed by atoms with Crippen molar-refractivity contribution in [2.45, 2.75) is 83.1 Å². The maximum atomic E-state index is 12.9. The van der Waals surface area contributed by atoms with Crippen molar-refractivity contribution in [1.82, 2.24) is 10.2 Å². The number of nitrogens with one attached hydrogen (secondary N) is 1. The zero-order valence-corrected chi connectivity index (χ0v) is 19.6. The summed E-state index contributed by atoms with van der Waals surface area (Å²) in [6.45, 7) is 8.00. The van der Waals surface area contributed by atoms with Crippen molar-refractivity contribution in [3.8, 4) is 0 Å². The average Bonchev–Trinajstić information content (AvgIpc) is 3.23. The molecule has 3 saturated heterocycles. The van der Waals surface area contributed by atoms with Gasteiger partial charge in [-0.2, -0.15) is 0 Å². The third-order valence-electron chi connectivity index (χ3n) is 6.93. The summed E-state index contributed by atoms with van der Waals surface area (Å²) in [7, 11) is 0. The van der Waals surface area contributed by atoms with Crippen LogP contribution in [0.4, 0.5) is 14.9 Å². The van der Waals surface area contributed by atoms with Crippen molar-refractivity contribution in [2.24, 2.45) is 5.92 Å². The van der Waals surface area contributed by atoms with Gasteiger partial charge in [0.25, 0.3) is 0 Å². The molecule has 1 aromatic carbocycles. The highest BCUT2D eigenvalue weighted by Crippen LogP contribution is 2.40. The molecule has 0 radical (unpaired) electrons. The van der Waals surface area contributed by atoms with Crippen LogP contribution in [0.1, 0.15) is 58.4 Å². The molecular weight excluding hydrogens is 417 g/mol. The number of piperidine rings is 1. The summed E-state index contributed by atoms with van der Waals surface area (Å²) in [5.74, 6) is 0.196. The number of hydrogen-bond donors (Lipinski definition) is 1. The topological polar surface area (TPSA) is 44.8 Å². The molecule has 7 heteroatoms. The van der Waals surface area contributed by atoms with E-state index in [1.807, 2.05) is 20.8 Å². The molecule has 1 N–H and O–H groups in total. The minimum absolute atomic E-state index is 0.139. The van der Waals surface area contributed by atoms with Crippen molar-refractivity contribution in [3.63, 3.8) is 0 Å². The minimum Gasteiger partial charge on any atom is -0.444 e. The molecule has 1 aromatic rings. The van der Waals surface area contributed by atoms with E-state index in [1.165, 1.54) is 12.0 Å². The van der Waals surface area contributed by atoms with Crippen LogP contribution in [0.2, 0.25) is 5.02 Å².